The summed E-state index contributed by atoms with van der Waals surface area (Å²) in [6.45, 7) is 4.12. The number of hydrogen-bond donors (Lipinski definition) is 2. The lowest BCUT2D eigenvalue weighted by atomic mass is 10.2. The number of hydrogen-bond acceptors (Lipinski definition) is 6. The predicted octanol–water partition coefficient (Wildman–Crippen LogP) is 4.18. The smallest absolute Gasteiger partial charge is 0.261 e. The van der Waals surface area contributed by atoms with Crippen LogP contribution >= 0.6 is 0 Å². The van der Waals surface area contributed by atoms with Crippen LogP contribution in [0.15, 0.2) is 65.7 Å². The van der Waals surface area contributed by atoms with Gasteiger partial charge >= 0.3 is 0 Å². The second kappa shape index (κ2) is 8.71. The Morgan fingerprint density at radius 1 is 0.967 bits per heavy atom. The highest BCUT2D eigenvalue weighted by Gasteiger charge is 2.15. The molecule has 0 saturated carbocycles. The molecule has 0 radical (unpaired) electrons. The number of nitrogens with zero attached hydrogens (tertiary/aromatic N) is 3. The molecule has 0 bridgehead atoms. The molecule has 1 aromatic heterocycles. The van der Waals surface area contributed by atoms with Crippen LogP contribution in [0, 0.1) is 0 Å². The molecular formula is C22H25N5O2S. The Balaban J connectivity index is 1.43. The van der Waals surface area contributed by atoms with Crippen LogP contribution in [0.3, 0.4) is 0 Å². The van der Waals surface area contributed by atoms with Gasteiger partial charge in [-0.2, -0.15) is 5.10 Å². The zero-order valence-electron chi connectivity index (χ0n) is 16.9. The van der Waals surface area contributed by atoms with Gasteiger partial charge in [-0.25, -0.2) is 8.42 Å². The molecule has 1 aliphatic rings. The van der Waals surface area contributed by atoms with Crippen LogP contribution < -0.4 is 14.9 Å². The summed E-state index contributed by atoms with van der Waals surface area (Å²) >= 11 is 0. The van der Waals surface area contributed by atoms with Crippen molar-refractivity contribution in [3.05, 3.63) is 66.4 Å². The Morgan fingerprint density at radius 3 is 2.30 bits per heavy atom. The van der Waals surface area contributed by atoms with Gasteiger partial charge in [-0.1, -0.05) is 19.1 Å². The minimum atomic E-state index is -3.62. The van der Waals surface area contributed by atoms with Crippen LogP contribution in [-0.2, 0) is 16.4 Å². The van der Waals surface area contributed by atoms with Crippen LogP contribution in [0.1, 0.15) is 25.3 Å². The van der Waals surface area contributed by atoms with Crippen LogP contribution in [0.2, 0.25) is 0 Å². The molecule has 2 aromatic carbocycles. The van der Waals surface area contributed by atoms with Gasteiger partial charge < -0.3 is 10.2 Å². The maximum Gasteiger partial charge on any atom is 0.261 e. The highest BCUT2D eigenvalue weighted by molar-refractivity contribution is 7.92. The van der Waals surface area contributed by atoms with Gasteiger partial charge in [0.05, 0.1) is 16.8 Å². The van der Waals surface area contributed by atoms with Crippen LogP contribution in [0.25, 0.3) is 0 Å². The van der Waals surface area contributed by atoms with Gasteiger partial charge in [-0.15, -0.1) is 5.10 Å². The van der Waals surface area contributed by atoms with Crippen LogP contribution in [0.5, 0.6) is 0 Å². The fourth-order valence-corrected chi connectivity index (χ4v) is 4.51. The second-order valence-corrected chi connectivity index (χ2v) is 8.98. The van der Waals surface area contributed by atoms with Gasteiger partial charge in [0.1, 0.15) is 0 Å². The maximum atomic E-state index is 12.6. The van der Waals surface area contributed by atoms with Crippen molar-refractivity contribution < 1.29 is 8.42 Å². The number of benzene rings is 2. The Bertz CT molecular complexity index is 1090. The Morgan fingerprint density at radius 2 is 1.63 bits per heavy atom. The van der Waals surface area contributed by atoms with Crippen molar-refractivity contribution in [2.24, 2.45) is 0 Å². The number of nitrogens with one attached hydrogen (secondary N) is 2. The van der Waals surface area contributed by atoms with Gasteiger partial charge in [0, 0.05) is 30.5 Å². The first-order valence-corrected chi connectivity index (χ1v) is 11.6. The van der Waals surface area contributed by atoms with E-state index in [0.29, 0.717) is 11.5 Å². The molecule has 3 aromatic rings. The van der Waals surface area contributed by atoms with Crippen molar-refractivity contribution in [3.63, 3.8) is 0 Å². The third kappa shape index (κ3) is 4.71. The first kappa shape index (κ1) is 20.2. The normalized spacial score (nSPS) is 14.0. The first-order chi connectivity index (χ1) is 14.5. The lowest BCUT2D eigenvalue weighted by Gasteiger charge is -2.17. The van der Waals surface area contributed by atoms with Crippen molar-refractivity contribution in [3.8, 4) is 0 Å². The van der Waals surface area contributed by atoms with Gasteiger partial charge in [0.2, 0.25) is 0 Å². The number of aromatic nitrogens is 2. The van der Waals surface area contributed by atoms with E-state index in [2.05, 4.69) is 25.1 Å². The molecule has 1 aliphatic heterocycles. The first-order valence-electron chi connectivity index (χ1n) is 10.1. The Kier molecular flexibility index (Phi) is 5.85. The average Bonchev–Trinajstić information content (AvgIpc) is 3.30. The fraction of sp³-hybridized carbons (Fsp3) is 0.273. The molecule has 0 aliphatic carbocycles. The SMILES string of the molecule is CCc1ccc(S(=O)(=O)Nc2ccc(Nc3cc(N4CCCC4)cnn3)cc2)cc1. The topological polar surface area (TPSA) is 87.2 Å². The molecule has 1 saturated heterocycles. The highest BCUT2D eigenvalue weighted by atomic mass is 32.2. The summed E-state index contributed by atoms with van der Waals surface area (Å²) in [5, 5.41) is 11.5. The third-order valence-corrected chi connectivity index (χ3v) is 6.56. The van der Waals surface area contributed by atoms with E-state index < -0.39 is 10.0 Å². The summed E-state index contributed by atoms with van der Waals surface area (Å²) in [7, 11) is -3.62. The number of aryl methyl sites for hydroxylation is 1. The average molecular weight is 424 g/mol. The van der Waals surface area contributed by atoms with E-state index in [1.54, 1.807) is 30.5 Å². The Hall–Kier alpha value is -3.13. The number of sulfonamides is 1. The van der Waals surface area contributed by atoms with E-state index in [1.165, 1.54) is 12.8 Å². The van der Waals surface area contributed by atoms with E-state index in [-0.39, 0.29) is 4.90 Å². The lowest BCUT2D eigenvalue weighted by molar-refractivity contribution is 0.601. The zero-order valence-corrected chi connectivity index (χ0v) is 17.7. The summed E-state index contributed by atoms with van der Waals surface area (Å²) < 4.78 is 27.8. The summed E-state index contributed by atoms with van der Waals surface area (Å²) in [6, 6.07) is 16.0. The summed E-state index contributed by atoms with van der Waals surface area (Å²) in [6.07, 6.45) is 5.05. The van der Waals surface area contributed by atoms with E-state index in [0.717, 1.165) is 36.4 Å². The molecule has 1 fully saturated rings. The summed E-state index contributed by atoms with van der Waals surface area (Å²) in [4.78, 5) is 2.54. The minimum Gasteiger partial charge on any atom is -0.370 e. The number of anilines is 4. The minimum absolute atomic E-state index is 0.246. The molecule has 0 amide bonds. The molecule has 156 valence electrons. The monoisotopic (exact) mass is 423 g/mol. The molecule has 2 heterocycles. The van der Waals surface area contributed by atoms with Gasteiger partial charge in [-0.05, 0) is 61.2 Å². The van der Waals surface area contributed by atoms with Crippen LogP contribution in [-0.4, -0.2) is 31.7 Å². The highest BCUT2D eigenvalue weighted by Crippen LogP contribution is 2.24. The molecule has 8 heteroatoms. The molecule has 2 N–H and O–H groups in total. The lowest BCUT2D eigenvalue weighted by Crippen LogP contribution is -2.18. The fourth-order valence-electron chi connectivity index (χ4n) is 3.45. The van der Waals surface area contributed by atoms with Crippen LogP contribution in [0.4, 0.5) is 22.9 Å². The van der Waals surface area contributed by atoms with E-state index in [1.807, 2.05) is 37.3 Å². The largest absolute Gasteiger partial charge is 0.370 e. The number of rotatable bonds is 7. The predicted molar refractivity (Wildman–Crippen MR) is 120 cm³/mol. The second-order valence-electron chi connectivity index (χ2n) is 7.30. The summed E-state index contributed by atoms with van der Waals surface area (Å²) in [5.41, 5.74) is 3.46. The van der Waals surface area contributed by atoms with E-state index in [9.17, 15) is 8.42 Å². The van der Waals surface area contributed by atoms with Crippen molar-refractivity contribution >= 4 is 32.9 Å². The van der Waals surface area contributed by atoms with E-state index >= 15 is 0 Å². The Labute approximate surface area is 177 Å². The molecular weight excluding hydrogens is 398 g/mol. The van der Waals surface area contributed by atoms with Gasteiger partial charge in [0.25, 0.3) is 10.0 Å². The van der Waals surface area contributed by atoms with E-state index in [4.69, 9.17) is 0 Å². The summed E-state index contributed by atoms with van der Waals surface area (Å²) in [5.74, 6) is 0.656. The maximum absolute atomic E-state index is 12.6. The van der Waals surface area contributed by atoms with Crippen molar-refractivity contribution in [2.45, 2.75) is 31.1 Å². The van der Waals surface area contributed by atoms with Crippen molar-refractivity contribution in [2.75, 3.05) is 28.0 Å². The van der Waals surface area contributed by atoms with Gasteiger partial charge in [0.15, 0.2) is 5.82 Å². The molecule has 0 atom stereocenters. The van der Waals surface area contributed by atoms with Gasteiger partial charge in [-0.3, -0.25) is 4.72 Å². The molecule has 0 spiro atoms. The zero-order chi connectivity index (χ0) is 21.0. The molecule has 30 heavy (non-hydrogen) atoms. The quantitative estimate of drug-likeness (QED) is 0.593. The molecule has 4 rings (SSSR count). The molecule has 0 unspecified atom stereocenters. The standard InChI is InChI=1S/C22H25N5O2S/c1-2-17-5-11-21(12-6-17)30(28,29)26-19-9-7-18(8-10-19)24-22-15-20(16-23-25-22)27-13-3-4-14-27/h5-12,15-16,26H,2-4,13-14H2,1H3,(H,24,25). The van der Waals surface area contributed by atoms with Crippen molar-refractivity contribution in [1.29, 1.82) is 0 Å². The molecule has 7 nitrogen and oxygen atoms in total. The third-order valence-electron chi connectivity index (χ3n) is 5.16. The van der Waals surface area contributed by atoms with Crippen molar-refractivity contribution in [1.82, 2.24) is 10.2 Å².